The first kappa shape index (κ1) is 21.1. The number of para-hydroxylation sites is 1. The molecule has 0 radical (unpaired) electrons. The molecule has 1 amide bonds. The SMILES string of the molecule is Cc1noc(C)c1CC(=O)N1CCCCC1CCn1cc(COc2ccccc2)nn1. The zero-order chi connectivity index (χ0) is 21.6. The largest absolute Gasteiger partial charge is 0.487 e. The summed E-state index contributed by atoms with van der Waals surface area (Å²) in [5.74, 6) is 1.69. The maximum Gasteiger partial charge on any atom is 0.227 e. The normalized spacial score (nSPS) is 16.5. The first-order chi connectivity index (χ1) is 15.1. The first-order valence-corrected chi connectivity index (χ1v) is 10.9. The quantitative estimate of drug-likeness (QED) is 0.551. The Labute approximate surface area is 182 Å². The number of aromatic nitrogens is 4. The van der Waals surface area contributed by atoms with E-state index in [2.05, 4.69) is 15.5 Å². The third-order valence-corrected chi connectivity index (χ3v) is 5.86. The van der Waals surface area contributed by atoms with Crippen LogP contribution in [0.3, 0.4) is 0 Å². The molecule has 1 aliphatic heterocycles. The second-order valence-corrected chi connectivity index (χ2v) is 8.08. The number of benzene rings is 1. The van der Waals surface area contributed by atoms with Crippen molar-refractivity contribution < 1.29 is 14.1 Å². The molecule has 4 rings (SSSR count). The van der Waals surface area contributed by atoms with Crippen molar-refractivity contribution in [2.45, 2.75) is 65.1 Å². The number of hydrogen-bond acceptors (Lipinski definition) is 6. The van der Waals surface area contributed by atoms with Crippen molar-refractivity contribution in [3.63, 3.8) is 0 Å². The van der Waals surface area contributed by atoms with Gasteiger partial charge in [-0.15, -0.1) is 5.10 Å². The lowest BCUT2D eigenvalue weighted by atomic mass is 9.98. The van der Waals surface area contributed by atoms with Crippen LogP contribution in [0.25, 0.3) is 0 Å². The first-order valence-electron chi connectivity index (χ1n) is 10.9. The molecule has 1 aromatic carbocycles. The fourth-order valence-corrected chi connectivity index (χ4v) is 4.11. The van der Waals surface area contributed by atoms with Crippen LogP contribution in [0.1, 0.15) is 48.4 Å². The van der Waals surface area contributed by atoms with E-state index in [1.807, 2.05) is 60.0 Å². The molecule has 1 saturated heterocycles. The van der Waals surface area contributed by atoms with Crippen LogP contribution in [-0.4, -0.2) is 43.5 Å². The summed E-state index contributed by atoms with van der Waals surface area (Å²) in [5.41, 5.74) is 2.50. The standard InChI is InChI=1S/C23H29N5O3/c1-17-22(18(2)31-25-17)14-23(29)28-12-7-6-8-20(28)11-13-27-15-19(24-26-27)16-30-21-9-4-3-5-10-21/h3-5,9-10,15,20H,6-8,11-14,16H2,1-2H3. The van der Waals surface area contributed by atoms with E-state index in [-0.39, 0.29) is 11.9 Å². The summed E-state index contributed by atoms with van der Waals surface area (Å²) in [6, 6.07) is 9.89. The third kappa shape index (κ3) is 5.31. The molecule has 0 bridgehead atoms. The lowest BCUT2D eigenvalue weighted by Gasteiger charge is -2.36. The van der Waals surface area contributed by atoms with Gasteiger partial charge in [0, 0.05) is 24.7 Å². The number of rotatable bonds is 8. The summed E-state index contributed by atoms with van der Waals surface area (Å²) in [6.45, 7) is 5.66. The molecular weight excluding hydrogens is 394 g/mol. The van der Waals surface area contributed by atoms with Crippen molar-refractivity contribution in [2.24, 2.45) is 0 Å². The highest BCUT2D eigenvalue weighted by molar-refractivity contribution is 5.79. The smallest absolute Gasteiger partial charge is 0.227 e. The van der Waals surface area contributed by atoms with Crippen LogP contribution in [0.15, 0.2) is 41.1 Å². The van der Waals surface area contributed by atoms with E-state index in [1.54, 1.807) is 0 Å². The Morgan fingerprint density at radius 2 is 2.06 bits per heavy atom. The van der Waals surface area contributed by atoms with Gasteiger partial charge in [-0.25, -0.2) is 0 Å². The molecule has 1 atom stereocenters. The van der Waals surface area contributed by atoms with Crippen molar-refractivity contribution in [1.82, 2.24) is 25.1 Å². The molecule has 0 N–H and O–H groups in total. The summed E-state index contributed by atoms with van der Waals surface area (Å²) in [5, 5.41) is 12.4. The second kappa shape index (κ2) is 9.76. The summed E-state index contributed by atoms with van der Waals surface area (Å²) in [6.07, 6.45) is 6.34. The fourth-order valence-electron chi connectivity index (χ4n) is 4.11. The average molecular weight is 424 g/mol. The van der Waals surface area contributed by atoms with E-state index in [0.29, 0.717) is 13.0 Å². The Bertz CT molecular complexity index is 978. The van der Waals surface area contributed by atoms with Crippen molar-refractivity contribution in [2.75, 3.05) is 6.54 Å². The summed E-state index contributed by atoms with van der Waals surface area (Å²) in [7, 11) is 0. The molecule has 164 valence electrons. The highest BCUT2D eigenvalue weighted by atomic mass is 16.5. The number of carbonyl (C=O) groups is 1. The highest BCUT2D eigenvalue weighted by Crippen LogP contribution is 2.23. The Morgan fingerprint density at radius 3 is 2.84 bits per heavy atom. The Kier molecular flexibility index (Phi) is 6.64. The molecule has 0 saturated carbocycles. The third-order valence-electron chi connectivity index (χ3n) is 5.86. The molecular formula is C23H29N5O3. The number of piperidine rings is 1. The van der Waals surface area contributed by atoms with E-state index in [0.717, 1.165) is 67.2 Å². The van der Waals surface area contributed by atoms with E-state index < -0.39 is 0 Å². The zero-order valence-electron chi connectivity index (χ0n) is 18.2. The van der Waals surface area contributed by atoms with Gasteiger partial charge >= 0.3 is 0 Å². The van der Waals surface area contributed by atoms with E-state index in [1.165, 1.54) is 0 Å². The van der Waals surface area contributed by atoms with Crippen LogP contribution in [0.5, 0.6) is 5.75 Å². The van der Waals surface area contributed by atoms with Crippen molar-refractivity contribution in [3.05, 3.63) is 59.2 Å². The Balaban J connectivity index is 1.31. The topological polar surface area (TPSA) is 86.3 Å². The van der Waals surface area contributed by atoms with Crippen molar-refractivity contribution in [1.29, 1.82) is 0 Å². The van der Waals surface area contributed by atoms with Gasteiger partial charge in [0.05, 0.1) is 18.3 Å². The van der Waals surface area contributed by atoms with Gasteiger partial charge in [-0.2, -0.15) is 0 Å². The van der Waals surface area contributed by atoms with Crippen molar-refractivity contribution in [3.8, 4) is 5.75 Å². The van der Waals surface area contributed by atoms with Gasteiger partial charge in [-0.1, -0.05) is 28.6 Å². The number of likely N-dealkylation sites (tertiary alicyclic amines) is 1. The van der Waals surface area contributed by atoms with Crippen LogP contribution >= 0.6 is 0 Å². The predicted molar refractivity (Wildman–Crippen MR) is 114 cm³/mol. The maximum atomic E-state index is 13.0. The van der Waals surface area contributed by atoms with Crippen LogP contribution < -0.4 is 4.74 Å². The number of nitrogens with zero attached hydrogens (tertiary/aromatic N) is 5. The van der Waals surface area contributed by atoms with Gasteiger partial charge in [-0.05, 0) is 51.7 Å². The maximum absolute atomic E-state index is 13.0. The minimum Gasteiger partial charge on any atom is -0.487 e. The number of aryl methyl sites for hydroxylation is 3. The van der Waals surface area contributed by atoms with Crippen LogP contribution in [-0.2, 0) is 24.4 Å². The van der Waals surface area contributed by atoms with Crippen LogP contribution in [0, 0.1) is 13.8 Å². The molecule has 0 aliphatic carbocycles. The number of hydrogen-bond donors (Lipinski definition) is 0. The summed E-state index contributed by atoms with van der Waals surface area (Å²) >= 11 is 0. The van der Waals surface area contributed by atoms with Gasteiger partial charge in [0.2, 0.25) is 5.91 Å². The number of amides is 1. The lowest BCUT2D eigenvalue weighted by Crippen LogP contribution is -2.45. The van der Waals surface area contributed by atoms with Crippen molar-refractivity contribution >= 4 is 5.91 Å². The van der Waals surface area contributed by atoms with E-state index >= 15 is 0 Å². The minimum absolute atomic E-state index is 0.148. The molecule has 1 fully saturated rings. The molecule has 3 heterocycles. The Hall–Kier alpha value is -3.16. The molecule has 8 heteroatoms. The molecule has 2 aromatic heterocycles. The highest BCUT2D eigenvalue weighted by Gasteiger charge is 2.28. The predicted octanol–water partition coefficient (Wildman–Crippen LogP) is 3.48. The average Bonchev–Trinajstić information content (AvgIpc) is 3.38. The fraction of sp³-hybridized carbons (Fsp3) is 0.478. The summed E-state index contributed by atoms with van der Waals surface area (Å²) < 4.78 is 12.8. The van der Waals surface area contributed by atoms with Crippen LogP contribution in [0.4, 0.5) is 0 Å². The zero-order valence-corrected chi connectivity index (χ0v) is 18.2. The minimum atomic E-state index is 0.148. The van der Waals surface area contributed by atoms with Gasteiger partial charge in [-0.3, -0.25) is 9.48 Å². The summed E-state index contributed by atoms with van der Waals surface area (Å²) in [4.78, 5) is 15.1. The van der Waals surface area contributed by atoms with Gasteiger partial charge < -0.3 is 14.2 Å². The second-order valence-electron chi connectivity index (χ2n) is 8.08. The number of ether oxygens (including phenoxy) is 1. The molecule has 3 aromatic rings. The van der Waals surface area contributed by atoms with E-state index in [9.17, 15) is 4.79 Å². The molecule has 31 heavy (non-hydrogen) atoms. The monoisotopic (exact) mass is 423 g/mol. The number of carbonyl (C=O) groups excluding carboxylic acids is 1. The van der Waals surface area contributed by atoms with Gasteiger partial charge in [0.1, 0.15) is 23.8 Å². The Morgan fingerprint density at radius 1 is 1.23 bits per heavy atom. The molecule has 1 aliphatic rings. The lowest BCUT2D eigenvalue weighted by molar-refractivity contribution is -0.134. The molecule has 8 nitrogen and oxygen atoms in total. The molecule has 0 spiro atoms. The van der Waals surface area contributed by atoms with Gasteiger partial charge in [0.25, 0.3) is 0 Å². The van der Waals surface area contributed by atoms with Crippen LogP contribution in [0.2, 0.25) is 0 Å². The molecule has 1 unspecified atom stereocenters. The van der Waals surface area contributed by atoms with Gasteiger partial charge in [0.15, 0.2) is 0 Å². The van der Waals surface area contributed by atoms with E-state index in [4.69, 9.17) is 9.26 Å².